The number of furan rings is 1. The second-order valence-corrected chi connectivity index (χ2v) is 16.3. The molecular formula is C57H33N5O. The smallest absolute Gasteiger partial charge is 0.136 e. The van der Waals surface area contributed by atoms with Gasteiger partial charge in [0.15, 0.2) is 0 Å². The Morgan fingerprint density at radius 3 is 1.22 bits per heavy atom. The molecule has 0 bridgehead atoms. The zero-order valence-corrected chi connectivity index (χ0v) is 34.0. The molecule has 6 nitrogen and oxygen atoms in total. The molecule has 4 aromatic heterocycles. The minimum atomic E-state index is 0.387. The van der Waals surface area contributed by atoms with Crippen LogP contribution in [0.25, 0.3) is 116 Å². The maximum atomic E-state index is 12.1. The van der Waals surface area contributed by atoms with Crippen molar-refractivity contribution in [1.82, 2.24) is 13.7 Å². The molecule has 0 saturated heterocycles. The molecule has 13 rings (SSSR count). The Hall–Kier alpha value is -8.84. The number of hydrogen-bond acceptors (Lipinski definition) is 3. The first kappa shape index (κ1) is 35.0. The Labute approximate surface area is 360 Å². The highest BCUT2D eigenvalue weighted by Crippen LogP contribution is 2.49. The lowest BCUT2D eigenvalue weighted by Crippen LogP contribution is -2.14. The van der Waals surface area contributed by atoms with Crippen LogP contribution in [0.2, 0.25) is 0 Å². The van der Waals surface area contributed by atoms with Gasteiger partial charge in [-0.15, -0.1) is 0 Å². The van der Waals surface area contributed by atoms with E-state index in [4.69, 9.17) is 4.42 Å². The van der Waals surface area contributed by atoms with E-state index in [1.54, 1.807) is 0 Å². The number of fused-ring (bicyclic) bond motifs is 12. The van der Waals surface area contributed by atoms with Gasteiger partial charge in [0.25, 0.3) is 0 Å². The van der Waals surface area contributed by atoms with Gasteiger partial charge in [-0.2, -0.15) is 10.5 Å². The number of hydrogen-bond donors (Lipinski definition) is 0. The van der Waals surface area contributed by atoms with E-state index < -0.39 is 0 Å². The molecule has 6 heteroatoms. The number of benzene rings is 9. The van der Waals surface area contributed by atoms with Gasteiger partial charge in [-0.05, 0) is 61.0 Å². The van der Waals surface area contributed by atoms with Crippen molar-refractivity contribution < 1.29 is 4.42 Å². The molecule has 0 spiro atoms. The normalized spacial score (nSPS) is 11.9. The van der Waals surface area contributed by atoms with Crippen LogP contribution < -0.4 is 0 Å². The first-order chi connectivity index (χ1) is 31.1. The SMILES string of the molecule is Cc1ccc(-c2c(-n3c4ccccc4c4ccccc43)c(C#N)c(-n3c4ccccc4c4cc5oc6ccccc6c5cc43)c(C#N)c2-n2c3ccccc3c3ccccc32)cc1. The molecule has 63 heavy (non-hydrogen) atoms. The summed E-state index contributed by atoms with van der Waals surface area (Å²) in [6, 6.07) is 68.3. The maximum absolute atomic E-state index is 12.1. The van der Waals surface area contributed by atoms with Gasteiger partial charge in [-0.25, -0.2) is 0 Å². The summed E-state index contributed by atoms with van der Waals surface area (Å²) in [4.78, 5) is 0. The molecule has 9 aromatic carbocycles. The van der Waals surface area contributed by atoms with Crippen LogP contribution in [0.15, 0.2) is 186 Å². The Morgan fingerprint density at radius 2 is 0.762 bits per heavy atom. The molecule has 292 valence electrons. The van der Waals surface area contributed by atoms with Crippen molar-refractivity contribution >= 4 is 87.4 Å². The van der Waals surface area contributed by atoms with Crippen LogP contribution in [-0.4, -0.2) is 13.7 Å². The summed E-state index contributed by atoms with van der Waals surface area (Å²) in [7, 11) is 0. The number of aromatic nitrogens is 3. The second-order valence-electron chi connectivity index (χ2n) is 16.3. The van der Waals surface area contributed by atoms with Gasteiger partial charge >= 0.3 is 0 Å². The van der Waals surface area contributed by atoms with Gasteiger partial charge < -0.3 is 18.1 Å². The summed E-state index contributed by atoms with van der Waals surface area (Å²) >= 11 is 0. The minimum absolute atomic E-state index is 0.387. The molecule has 0 fully saturated rings. The van der Waals surface area contributed by atoms with E-state index in [2.05, 4.69) is 184 Å². The van der Waals surface area contributed by atoms with Crippen LogP contribution in [0.5, 0.6) is 0 Å². The first-order valence-electron chi connectivity index (χ1n) is 21.1. The predicted octanol–water partition coefficient (Wildman–Crippen LogP) is 14.6. The molecule has 0 aliphatic carbocycles. The van der Waals surface area contributed by atoms with Gasteiger partial charge in [0.05, 0.1) is 50.2 Å². The third-order valence-electron chi connectivity index (χ3n) is 13.0. The maximum Gasteiger partial charge on any atom is 0.136 e. The highest BCUT2D eigenvalue weighted by Gasteiger charge is 2.33. The van der Waals surface area contributed by atoms with Crippen LogP contribution in [-0.2, 0) is 0 Å². The average molecular weight is 804 g/mol. The Morgan fingerprint density at radius 1 is 0.365 bits per heavy atom. The number of aryl methyl sites for hydroxylation is 1. The number of rotatable bonds is 4. The fourth-order valence-corrected chi connectivity index (χ4v) is 10.3. The third kappa shape index (κ3) is 4.75. The van der Waals surface area contributed by atoms with Crippen LogP contribution >= 0.6 is 0 Å². The van der Waals surface area contributed by atoms with E-state index in [-0.39, 0.29) is 0 Å². The Kier molecular flexibility index (Phi) is 7.26. The topological polar surface area (TPSA) is 75.5 Å². The van der Waals surface area contributed by atoms with Crippen molar-refractivity contribution in [2.45, 2.75) is 6.92 Å². The zero-order valence-electron chi connectivity index (χ0n) is 34.0. The van der Waals surface area contributed by atoms with Crippen LogP contribution in [0.4, 0.5) is 0 Å². The van der Waals surface area contributed by atoms with Gasteiger partial charge in [0.2, 0.25) is 0 Å². The molecular weight excluding hydrogens is 771 g/mol. The number of para-hydroxylation sites is 6. The van der Waals surface area contributed by atoms with Crippen molar-refractivity contribution in [3.05, 3.63) is 199 Å². The summed E-state index contributed by atoms with van der Waals surface area (Å²) in [6.45, 7) is 2.08. The van der Waals surface area contributed by atoms with Crippen LogP contribution in [0.3, 0.4) is 0 Å². The van der Waals surface area contributed by atoms with Crippen molar-refractivity contribution in [3.8, 4) is 40.3 Å². The molecule has 0 N–H and O–H groups in total. The van der Waals surface area contributed by atoms with Crippen molar-refractivity contribution in [2.75, 3.05) is 0 Å². The second kappa shape index (κ2) is 13.1. The molecule has 0 radical (unpaired) electrons. The largest absolute Gasteiger partial charge is 0.456 e. The highest BCUT2D eigenvalue weighted by molar-refractivity contribution is 6.18. The molecule has 0 amide bonds. The van der Waals surface area contributed by atoms with E-state index >= 15 is 0 Å². The first-order valence-corrected chi connectivity index (χ1v) is 21.1. The summed E-state index contributed by atoms with van der Waals surface area (Å²) in [5, 5.41) is 32.3. The zero-order chi connectivity index (χ0) is 41.9. The van der Waals surface area contributed by atoms with E-state index in [0.717, 1.165) is 104 Å². The van der Waals surface area contributed by atoms with E-state index in [0.29, 0.717) is 28.2 Å². The fraction of sp³-hybridized carbons (Fsp3) is 0.0175. The molecule has 13 aromatic rings. The quantitative estimate of drug-likeness (QED) is 0.178. The van der Waals surface area contributed by atoms with Gasteiger partial charge in [-0.1, -0.05) is 139 Å². The monoisotopic (exact) mass is 803 g/mol. The summed E-state index contributed by atoms with van der Waals surface area (Å²) in [5.41, 5.74) is 12.6. The molecule has 4 heterocycles. The summed E-state index contributed by atoms with van der Waals surface area (Å²) < 4.78 is 13.1. The predicted molar refractivity (Wildman–Crippen MR) is 256 cm³/mol. The lowest BCUT2D eigenvalue weighted by atomic mass is 9.91. The standard InChI is InChI=1S/C57H33N5O/c1-34-26-28-35(29-27-34)54-56(60-46-20-8-2-14-36(46)37-15-3-9-21-47(37)60)44(32-58)55(45(33-59)57(54)61-48-22-10-4-16-38(48)39-17-5-11-23-49(39)61)62-50-24-12-6-18-40(50)42-31-53-43(30-51(42)62)41-19-7-13-25-52(41)63-53/h2-31H,1H3. The molecule has 0 atom stereocenters. The lowest BCUT2D eigenvalue weighted by Gasteiger charge is -2.26. The van der Waals surface area contributed by atoms with Crippen molar-refractivity contribution in [3.63, 3.8) is 0 Å². The van der Waals surface area contributed by atoms with Gasteiger partial charge in [0.1, 0.15) is 34.4 Å². The van der Waals surface area contributed by atoms with Gasteiger partial charge in [-0.3, -0.25) is 0 Å². The minimum Gasteiger partial charge on any atom is -0.456 e. The van der Waals surface area contributed by atoms with Crippen LogP contribution in [0.1, 0.15) is 16.7 Å². The fourth-order valence-electron chi connectivity index (χ4n) is 10.3. The van der Waals surface area contributed by atoms with E-state index in [1.165, 1.54) is 0 Å². The van der Waals surface area contributed by atoms with Gasteiger partial charge in [0, 0.05) is 48.7 Å². The average Bonchev–Trinajstić information content (AvgIpc) is 4.06. The molecule has 0 aliphatic rings. The molecule has 0 unspecified atom stereocenters. The number of nitrogens with zero attached hydrogens (tertiary/aromatic N) is 5. The van der Waals surface area contributed by atoms with E-state index in [9.17, 15) is 10.5 Å². The van der Waals surface area contributed by atoms with Crippen molar-refractivity contribution in [1.29, 1.82) is 10.5 Å². The Bertz CT molecular complexity index is 3920. The Balaban J connectivity index is 1.34. The lowest BCUT2D eigenvalue weighted by molar-refractivity contribution is 0.669. The summed E-state index contributed by atoms with van der Waals surface area (Å²) in [5.74, 6) is 0. The van der Waals surface area contributed by atoms with E-state index in [1.807, 2.05) is 30.3 Å². The van der Waals surface area contributed by atoms with Crippen molar-refractivity contribution in [2.24, 2.45) is 0 Å². The number of nitriles is 2. The molecule has 0 aliphatic heterocycles. The summed E-state index contributed by atoms with van der Waals surface area (Å²) in [6.07, 6.45) is 0. The highest BCUT2D eigenvalue weighted by atomic mass is 16.3. The molecule has 0 saturated carbocycles. The third-order valence-corrected chi connectivity index (χ3v) is 13.0. The van der Waals surface area contributed by atoms with Crippen LogP contribution in [0, 0.1) is 29.6 Å².